The third kappa shape index (κ3) is 4.17. The van der Waals surface area contributed by atoms with Crippen LogP contribution in [0, 0.1) is 0 Å². The van der Waals surface area contributed by atoms with E-state index < -0.39 is 11.7 Å². The minimum Gasteiger partial charge on any atom is -0.478 e. The molecule has 0 saturated heterocycles. The number of aliphatic hydroxyl groups is 1. The number of carboxylic acid groups (broad SMARTS) is 1. The summed E-state index contributed by atoms with van der Waals surface area (Å²) in [4.78, 5) is 19.3. The number of fused-ring (bicyclic) bond motifs is 1. The van der Waals surface area contributed by atoms with Crippen molar-refractivity contribution < 1.29 is 15.0 Å². The number of aliphatic carboxylic acids is 1. The van der Waals surface area contributed by atoms with Gasteiger partial charge in [-0.05, 0) is 24.5 Å². The van der Waals surface area contributed by atoms with Crippen LogP contribution in [-0.2, 0) is 11.2 Å². The van der Waals surface area contributed by atoms with Gasteiger partial charge in [-0.25, -0.2) is 9.79 Å². The van der Waals surface area contributed by atoms with Crippen molar-refractivity contribution in [2.45, 2.75) is 25.0 Å². The number of hydrogen-bond donors (Lipinski definition) is 4. The summed E-state index contributed by atoms with van der Waals surface area (Å²) >= 11 is 0. The molecule has 0 aliphatic heterocycles. The molecule has 1 atom stereocenters. The first kappa shape index (κ1) is 16.7. The standard InChI is InChI=1S/C16H20N4O3/c17-15(18)19-10-4-9-16(23,14(21)22)20-13-8-3-6-11-5-1-2-7-12(11)13/h1-3,5,7-8,23H,4,6,9-10H2,(H,21,22)(H4,17,18,19)/t16-/m1/s1. The molecule has 1 aromatic rings. The highest BCUT2D eigenvalue weighted by Gasteiger charge is 2.35. The Hall–Kier alpha value is -2.67. The molecule has 7 nitrogen and oxygen atoms in total. The third-order valence-corrected chi connectivity index (χ3v) is 3.53. The number of guanidine groups is 1. The molecule has 0 spiro atoms. The first-order valence-electron chi connectivity index (χ1n) is 7.28. The summed E-state index contributed by atoms with van der Waals surface area (Å²) in [6.45, 7) is 0.231. The number of nitrogens with two attached hydrogens (primary N) is 2. The van der Waals surface area contributed by atoms with Gasteiger partial charge in [-0.3, -0.25) is 4.99 Å². The number of allylic oxidation sites excluding steroid dienone is 2. The Balaban J connectivity index is 2.24. The smallest absolute Gasteiger partial charge is 0.359 e. The molecular weight excluding hydrogens is 296 g/mol. The maximum atomic E-state index is 11.5. The number of hydrogen-bond acceptors (Lipinski definition) is 4. The van der Waals surface area contributed by atoms with Gasteiger partial charge in [-0.2, -0.15) is 0 Å². The molecule has 0 fully saturated rings. The fraction of sp³-hybridized carbons (Fsp3) is 0.312. The summed E-state index contributed by atoms with van der Waals surface area (Å²) in [7, 11) is 0. The van der Waals surface area contributed by atoms with Gasteiger partial charge in [0.1, 0.15) is 0 Å². The Morgan fingerprint density at radius 2 is 2.04 bits per heavy atom. The summed E-state index contributed by atoms with van der Waals surface area (Å²) < 4.78 is 0. The van der Waals surface area contributed by atoms with E-state index in [1.54, 1.807) is 6.08 Å². The van der Waals surface area contributed by atoms with Crippen molar-refractivity contribution in [2.75, 3.05) is 6.54 Å². The fourth-order valence-corrected chi connectivity index (χ4v) is 2.38. The van der Waals surface area contributed by atoms with Crippen LogP contribution in [0.2, 0.25) is 0 Å². The molecule has 0 bridgehead atoms. The number of aliphatic imine (C=N–C) groups is 2. The first-order chi connectivity index (χ1) is 10.9. The van der Waals surface area contributed by atoms with E-state index >= 15 is 0 Å². The quantitative estimate of drug-likeness (QED) is 0.343. The van der Waals surface area contributed by atoms with Crippen molar-refractivity contribution in [3.05, 3.63) is 47.5 Å². The molecule has 0 unspecified atom stereocenters. The molecule has 1 aromatic carbocycles. The number of benzene rings is 1. The van der Waals surface area contributed by atoms with Gasteiger partial charge >= 0.3 is 5.97 Å². The summed E-state index contributed by atoms with van der Waals surface area (Å²) in [5.74, 6) is -1.47. The molecule has 1 aliphatic carbocycles. The Morgan fingerprint density at radius 3 is 2.74 bits per heavy atom. The summed E-state index contributed by atoms with van der Waals surface area (Å²) in [5, 5.41) is 19.8. The van der Waals surface area contributed by atoms with E-state index in [1.807, 2.05) is 30.3 Å². The summed E-state index contributed by atoms with van der Waals surface area (Å²) in [6, 6.07) is 7.58. The van der Waals surface area contributed by atoms with Gasteiger partial charge in [0.15, 0.2) is 5.96 Å². The highest BCUT2D eigenvalue weighted by atomic mass is 16.4. The van der Waals surface area contributed by atoms with E-state index in [1.165, 1.54) is 0 Å². The van der Waals surface area contributed by atoms with Crippen molar-refractivity contribution in [1.82, 2.24) is 0 Å². The lowest BCUT2D eigenvalue weighted by atomic mass is 9.94. The van der Waals surface area contributed by atoms with E-state index in [9.17, 15) is 15.0 Å². The van der Waals surface area contributed by atoms with E-state index in [4.69, 9.17) is 11.5 Å². The van der Waals surface area contributed by atoms with Crippen LogP contribution in [-0.4, -0.2) is 40.1 Å². The largest absolute Gasteiger partial charge is 0.478 e. The van der Waals surface area contributed by atoms with Gasteiger partial charge < -0.3 is 21.7 Å². The fourth-order valence-electron chi connectivity index (χ4n) is 2.38. The molecule has 7 heteroatoms. The Labute approximate surface area is 134 Å². The van der Waals surface area contributed by atoms with Crippen molar-refractivity contribution >= 4 is 17.6 Å². The van der Waals surface area contributed by atoms with E-state index in [2.05, 4.69) is 9.98 Å². The zero-order chi connectivity index (χ0) is 16.9. The first-order valence-corrected chi connectivity index (χ1v) is 7.28. The molecule has 0 heterocycles. The molecule has 6 N–H and O–H groups in total. The lowest BCUT2D eigenvalue weighted by Gasteiger charge is -2.21. The maximum absolute atomic E-state index is 11.5. The third-order valence-electron chi connectivity index (χ3n) is 3.53. The Kier molecular flexibility index (Phi) is 5.13. The molecule has 0 amide bonds. The number of carbonyl (C=O) groups is 1. The van der Waals surface area contributed by atoms with E-state index in [0.29, 0.717) is 12.1 Å². The minimum absolute atomic E-state index is 0.0701. The maximum Gasteiger partial charge on any atom is 0.359 e. The zero-order valence-corrected chi connectivity index (χ0v) is 12.6. The van der Waals surface area contributed by atoms with Gasteiger partial charge in [0, 0.05) is 18.5 Å². The van der Waals surface area contributed by atoms with Gasteiger partial charge in [-0.15, -0.1) is 0 Å². The van der Waals surface area contributed by atoms with Crippen LogP contribution in [0.1, 0.15) is 24.0 Å². The second-order valence-electron chi connectivity index (χ2n) is 5.29. The topological polar surface area (TPSA) is 134 Å². The molecule has 23 heavy (non-hydrogen) atoms. The van der Waals surface area contributed by atoms with E-state index in [0.717, 1.165) is 17.5 Å². The van der Waals surface area contributed by atoms with Gasteiger partial charge in [-0.1, -0.05) is 30.3 Å². The number of nitrogens with zero attached hydrogens (tertiary/aromatic N) is 2. The van der Waals surface area contributed by atoms with Crippen LogP contribution in [0.3, 0.4) is 0 Å². The molecule has 1 aliphatic rings. The van der Waals surface area contributed by atoms with Crippen LogP contribution < -0.4 is 11.5 Å². The molecular formula is C16H20N4O3. The minimum atomic E-state index is -2.21. The lowest BCUT2D eigenvalue weighted by Crippen LogP contribution is -2.38. The van der Waals surface area contributed by atoms with Crippen molar-refractivity contribution in [3.63, 3.8) is 0 Å². The Morgan fingerprint density at radius 1 is 1.30 bits per heavy atom. The van der Waals surface area contributed by atoms with Crippen molar-refractivity contribution in [1.29, 1.82) is 0 Å². The second kappa shape index (κ2) is 7.06. The average molecular weight is 316 g/mol. The summed E-state index contributed by atoms with van der Waals surface area (Å²) in [5.41, 5.74) is 10.6. The highest BCUT2D eigenvalue weighted by Crippen LogP contribution is 2.22. The van der Waals surface area contributed by atoms with E-state index in [-0.39, 0.29) is 18.9 Å². The second-order valence-corrected chi connectivity index (χ2v) is 5.29. The molecule has 0 saturated carbocycles. The molecule has 0 radical (unpaired) electrons. The monoisotopic (exact) mass is 316 g/mol. The number of carboxylic acids is 1. The lowest BCUT2D eigenvalue weighted by molar-refractivity contribution is -0.158. The highest BCUT2D eigenvalue weighted by molar-refractivity contribution is 6.11. The Bertz CT molecular complexity index is 678. The van der Waals surface area contributed by atoms with Gasteiger partial charge in [0.25, 0.3) is 5.72 Å². The predicted octanol–water partition coefficient (Wildman–Crippen LogP) is 0.415. The van der Waals surface area contributed by atoms with Crippen LogP contribution >= 0.6 is 0 Å². The van der Waals surface area contributed by atoms with Crippen molar-refractivity contribution in [2.24, 2.45) is 21.5 Å². The molecule has 2 rings (SSSR count). The molecule has 0 aromatic heterocycles. The molecule has 122 valence electrons. The van der Waals surface area contributed by atoms with Crippen LogP contribution in [0.15, 0.2) is 46.4 Å². The van der Waals surface area contributed by atoms with Gasteiger partial charge in [0.2, 0.25) is 0 Å². The average Bonchev–Trinajstić information content (AvgIpc) is 2.52. The van der Waals surface area contributed by atoms with Crippen molar-refractivity contribution in [3.8, 4) is 0 Å². The van der Waals surface area contributed by atoms with Crippen LogP contribution in [0.25, 0.3) is 0 Å². The van der Waals surface area contributed by atoms with Gasteiger partial charge in [0.05, 0.1) is 5.71 Å². The van der Waals surface area contributed by atoms with Crippen LogP contribution in [0.4, 0.5) is 0 Å². The SMILES string of the molecule is NC(N)=NCCC[C@](O)(N=C1C=CCc2ccccc21)C(=O)O. The van der Waals surface area contributed by atoms with Crippen LogP contribution in [0.5, 0.6) is 0 Å². The summed E-state index contributed by atoms with van der Waals surface area (Å²) in [6.07, 6.45) is 4.59. The number of rotatable bonds is 6. The predicted molar refractivity (Wildman–Crippen MR) is 88.3 cm³/mol. The normalized spacial score (nSPS) is 17.3. The zero-order valence-electron chi connectivity index (χ0n) is 12.6.